The molecule has 4 heterocycles. The number of carbonyl (C=O) groups is 2. The summed E-state index contributed by atoms with van der Waals surface area (Å²) < 4.78 is 19.0. The van der Waals surface area contributed by atoms with Gasteiger partial charge in [0.05, 0.1) is 25.3 Å². The molecule has 3 saturated heterocycles. The van der Waals surface area contributed by atoms with Crippen molar-refractivity contribution >= 4 is 28.6 Å². The van der Waals surface area contributed by atoms with E-state index in [1.165, 1.54) is 12.3 Å². The second kappa shape index (κ2) is 6.91. The van der Waals surface area contributed by atoms with Gasteiger partial charge in [-0.1, -0.05) is 36.4 Å². The Morgan fingerprint density at radius 1 is 1.06 bits per heavy atom. The molecule has 3 aromatic rings. The zero-order chi connectivity index (χ0) is 21.9. The maximum Gasteiger partial charge on any atom is 0.411 e. The lowest BCUT2D eigenvalue weighted by atomic mass is 9.84. The Kier molecular flexibility index (Phi) is 4.11. The first kappa shape index (κ1) is 19.0. The summed E-state index contributed by atoms with van der Waals surface area (Å²) in [6.45, 7) is 2.26. The van der Waals surface area contributed by atoms with Crippen molar-refractivity contribution in [1.82, 2.24) is 14.8 Å². The van der Waals surface area contributed by atoms with Crippen LogP contribution in [0.25, 0.3) is 10.8 Å². The Balaban J connectivity index is 1.24. The molecule has 1 spiro atoms. The minimum Gasteiger partial charge on any atom is -0.437 e. The van der Waals surface area contributed by atoms with Gasteiger partial charge in [0.1, 0.15) is 11.6 Å². The van der Waals surface area contributed by atoms with Crippen LogP contribution in [0, 0.1) is 5.82 Å². The summed E-state index contributed by atoms with van der Waals surface area (Å²) in [5.74, 6) is 0.218. The van der Waals surface area contributed by atoms with Crippen LogP contribution in [0.4, 0.5) is 15.0 Å². The molecule has 6 rings (SSSR count). The van der Waals surface area contributed by atoms with Gasteiger partial charge in [0.2, 0.25) is 0 Å². The van der Waals surface area contributed by atoms with E-state index in [9.17, 15) is 14.0 Å². The summed E-state index contributed by atoms with van der Waals surface area (Å²) in [6, 6.07) is 16.4. The lowest BCUT2D eigenvalue weighted by Crippen LogP contribution is -2.71. The maximum absolute atomic E-state index is 13.4. The summed E-state index contributed by atoms with van der Waals surface area (Å²) in [6.07, 6.45) is 0.845. The number of benzene rings is 2. The number of rotatable bonds is 2. The highest BCUT2D eigenvalue weighted by Gasteiger charge is 2.62. The molecule has 0 radical (unpaired) electrons. The van der Waals surface area contributed by atoms with Gasteiger partial charge in [-0.15, -0.1) is 0 Å². The van der Waals surface area contributed by atoms with Crippen LogP contribution in [0.1, 0.15) is 10.4 Å². The predicted octanol–water partition coefficient (Wildman–Crippen LogP) is 2.91. The van der Waals surface area contributed by atoms with Crippen molar-refractivity contribution < 1.29 is 18.7 Å². The summed E-state index contributed by atoms with van der Waals surface area (Å²) in [5, 5.41) is 1.95. The Labute approximate surface area is 184 Å². The molecule has 1 aromatic heterocycles. The molecule has 1 atom stereocenters. The smallest absolute Gasteiger partial charge is 0.411 e. The van der Waals surface area contributed by atoms with E-state index in [1.807, 2.05) is 52.3 Å². The van der Waals surface area contributed by atoms with Gasteiger partial charge in [0, 0.05) is 25.2 Å². The van der Waals surface area contributed by atoms with E-state index in [2.05, 4.69) is 4.98 Å². The van der Waals surface area contributed by atoms with E-state index >= 15 is 0 Å². The number of anilines is 1. The van der Waals surface area contributed by atoms with Crippen molar-refractivity contribution in [1.29, 1.82) is 0 Å². The molecular weight excluding hydrogens is 411 g/mol. The summed E-state index contributed by atoms with van der Waals surface area (Å²) in [4.78, 5) is 35.6. The summed E-state index contributed by atoms with van der Waals surface area (Å²) >= 11 is 0. The molecule has 3 aliphatic heterocycles. The van der Waals surface area contributed by atoms with E-state index in [-0.39, 0.29) is 18.0 Å². The Morgan fingerprint density at radius 3 is 2.69 bits per heavy atom. The molecule has 7 nitrogen and oxygen atoms in total. The highest BCUT2D eigenvalue weighted by molar-refractivity contribution is 6.07. The molecule has 3 aliphatic rings. The average molecular weight is 432 g/mol. The SMILES string of the molecule is O=C(c1cccc2ccccc12)N1CCN2C(=O)OC3(CN(c4ccc(F)cn4)C3)C2C1. The highest BCUT2D eigenvalue weighted by atomic mass is 19.1. The number of aromatic nitrogens is 1. The predicted molar refractivity (Wildman–Crippen MR) is 116 cm³/mol. The molecule has 0 bridgehead atoms. The maximum atomic E-state index is 13.4. The van der Waals surface area contributed by atoms with Gasteiger partial charge in [0.15, 0.2) is 5.60 Å². The monoisotopic (exact) mass is 432 g/mol. The number of fused-ring (bicyclic) bond motifs is 3. The van der Waals surface area contributed by atoms with Crippen molar-refractivity contribution in [2.45, 2.75) is 11.6 Å². The van der Waals surface area contributed by atoms with Gasteiger partial charge in [-0.2, -0.15) is 0 Å². The molecule has 1 unspecified atom stereocenters. The lowest BCUT2D eigenvalue weighted by molar-refractivity contribution is -0.00666. The number of carbonyl (C=O) groups excluding carboxylic acids is 2. The number of hydrogen-bond acceptors (Lipinski definition) is 5. The van der Waals surface area contributed by atoms with Crippen molar-refractivity contribution in [3.05, 3.63) is 72.2 Å². The van der Waals surface area contributed by atoms with E-state index in [0.29, 0.717) is 44.1 Å². The third kappa shape index (κ3) is 2.82. The molecule has 0 saturated carbocycles. The number of pyridine rings is 1. The van der Waals surface area contributed by atoms with Crippen molar-refractivity contribution in [3.63, 3.8) is 0 Å². The van der Waals surface area contributed by atoms with Gasteiger partial charge in [-0.3, -0.25) is 9.69 Å². The van der Waals surface area contributed by atoms with Crippen LogP contribution in [0.2, 0.25) is 0 Å². The van der Waals surface area contributed by atoms with Crippen LogP contribution in [0.15, 0.2) is 60.8 Å². The van der Waals surface area contributed by atoms with Gasteiger partial charge in [-0.25, -0.2) is 14.2 Å². The molecule has 2 aromatic carbocycles. The third-order valence-corrected chi connectivity index (χ3v) is 6.77. The number of amides is 2. The third-order valence-electron chi connectivity index (χ3n) is 6.77. The zero-order valence-electron chi connectivity index (χ0n) is 17.3. The topological polar surface area (TPSA) is 66.0 Å². The number of ether oxygens (including phenoxy) is 1. The molecule has 3 fully saturated rings. The standard InChI is InChI=1S/C24H21FN4O3/c25-17-8-9-21(26-12-17)28-14-24(15-28)20-13-27(10-11-29(20)23(31)32-24)22(30)19-7-3-5-16-4-1-2-6-18(16)19/h1-9,12,20H,10-11,13-15H2. The van der Waals surface area contributed by atoms with Gasteiger partial charge >= 0.3 is 6.09 Å². The van der Waals surface area contributed by atoms with Crippen LogP contribution >= 0.6 is 0 Å². The largest absolute Gasteiger partial charge is 0.437 e. The Bertz CT molecular complexity index is 1220. The van der Waals surface area contributed by atoms with Gasteiger partial charge < -0.3 is 14.5 Å². The first-order valence-corrected chi connectivity index (χ1v) is 10.7. The van der Waals surface area contributed by atoms with Gasteiger partial charge in [0.25, 0.3) is 5.91 Å². The molecule has 0 aliphatic carbocycles. The first-order valence-electron chi connectivity index (χ1n) is 10.7. The summed E-state index contributed by atoms with van der Waals surface area (Å²) in [5.41, 5.74) is -0.0215. The number of piperazine rings is 1. The zero-order valence-corrected chi connectivity index (χ0v) is 17.3. The fourth-order valence-electron chi connectivity index (χ4n) is 5.11. The van der Waals surface area contributed by atoms with Crippen molar-refractivity contribution in [2.75, 3.05) is 37.6 Å². The normalized spacial score (nSPS) is 21.5. The molecule has 162 valence electrons. The second-order valence-electron chi connectivity index (χ2n) is 8.61. The molecule has 0 N–H and O–H groups in total. The van der Waals surface area contributed by atoms with E-state index in [0.717, 1.165) is 10.8 Å². The molecule has 2 amide bonds. The van der Waals surface area contributed by atoms with Crippen LogP contribution < -0.4 is 4.90 Å². The van der Waals surface area contributed by atoms with E-state index in [4.69, 9.17) is 4.74 Å². The minimum absolute atomic E-state index is 0.0349. The van der Waals surface area contributed by atoms with Crippen molar-refractivity contribution in [2.24, 2.45) is 0 Å². The number of halogens is 1. The highest BCUT2D eigenvalue weighted by Crippen LogP contribution is 2.41. The van der Waals surface area contributed by atoms with Gasteiger partial charge in [-0.05, 0) is 29.0 Å². The van der Waals surface area contributed by atoms with E-state index < -0.39 is 11.4 Å². The average Bonchev–Trinajstić information content (AvgIpc) is 3.10. The second-order valence-corrected chi connectivity index (χ2v) is 8.61. The van der Waals surface area contributed by atoms with Crippen LogP contribution in [-0.4, -0.2) is 71.2 Å². The van der Waals surface area contributed by atoms with Crippen molar-refractivity contribution in [3.8, 4) is 0 Å². The Morgan fingerprint density at radius 2 is 1.88 bits per heavy atom. The quantitative estimate of drug-likeness (QED) is 0.623. The first-order chi connectivity index (χ1) is 15.5. The van der Waals surface area contributed by atoms with Crippen LogP contribution in [-0.2, 0) is 4.74 Å². The molecule has 8 heteroatoms. The fraction of sp³-hybridized carbons (Fsp3) is 0.292. The van der Waals surface area contributed by atoms with E-state index in [1.54, 1.807) is 11.0 Å². The fourth-order valence-corrected chi connectivity index (χ4v) is 5.11. The number of hydrogen-bond donors (Lipinski definition) is 0. The lowest BCUT2D eigenvalue weighted by Gasteiger charge is -2.51. The summed E-state index contributed by atoms with van der Waals surface area (Å²) in [7, 11) is 0. The van der Waals surface area contributed by atoms with Crippen LogP contribution in [0.3, 0.4) is 0 Å². The number of nitrogens with zero attached hydrogens (tertiary/aromatic N) is 4. The van der Waals surface area contributed by atoms with Crippen LogP contribution in [0.5, 0.6) is 0 Å². The minimum atomic E-state index is -0.690. The Hall–Kier alpha value is -3.68. The molecular formula is C24H21FN4O3. The molecule has 32 heavy (non-hydrogen) atoms.